The molecule has 4 heterocycles. The van der Waals surface area contributed by atoms with Gasteiger partial charge in [0.15, 0.2) is 0 Å². The second-order valence-corrected chi connectivity index (χ2v) is 6.93. The highest BCUT2D eigenvalue weighted by atomic mass is 32.1. The van der Waals surface area contributed by atoms with Gasteiger partial charge in [0.1, 0.15) is 23.9 Å². The molecule has 3 aromatic heterocycles. The van der Waals surface area contributed by atoms with E-state index in [1.165, 1.54) is 0 Å². The zero-order valence-electron chi connectivity index (χ0n) is 14.2. The molecule has 4 rings (SSSR count). The maximum Gasteiger partial charge on any atom is 0.149 e. The summed E-state index contributed by atoms with van der Waals surface area (Å²) in [7, 11) is 0. The van der Waals surface area contributed by atoms with Crippen molar-refractivity contribution in [2.75, 3.05) is 13.2 Å². The molecule has 7 heteroatoms. The third kappa shape index (κ3) is 4.36. The van der Waals surface area contributed by atoms with Crippen LogP contribution in [0.1, 0.15) is 23.5 Å². The predicted octanol–water partition coefficient (Wildman–Crippen LogP) is 3.87. The molecule has 0 saturated carbocycles. The molecule has 1 unspecified atom stereocenters. The van der Waals surface area contributed by atoms with Gasteiger partial charge in [-0.1, -0.05) is 0 Å². The van der Waals surface area contributed by atoms with Gasteiger partial charge in [0, 0.05) is 36.9 Å². The van der Waals surface area contributed by atoms with E-state index < -0.39 is 0 Å². The van der Waals surface area contributed by atoms with Crippen LogP contribution < -0.4 is 9.47 Å². The molecule has 134 valence electrons. The van der Waals surface area contributed by atoms with Gasteiger partial charge in [-0.2, -0.15) is 0 Å². The number of rotatable bonds is 7. The number of thiazole rings is 1. The third-order valence-corrected chi connectivity index (χ3v) is 4.81. The van der Waals surface area contributed by atoms with Gasteiger partial charge in [0.05, 0.1) is 29.2 Å². The molecule has 1 aliphatic heterocycles. The monoisotopic (exact) mass is 369 g/mol. The fourth-order valence-electron chi connectivity index (χ4n) is 2.75. The Bertz CT molecular complexity index is 821. The van der Waals surface area contributed by atoms with Crippen molar-refractivity contribution in [3.63, 3.8) is 0 Å². The molecule has 0 bridgehead atoms. The van der Waals surface area contributed by atoms with Crippen LogP contribution in [0.2, 0.25) is 0 Å². The first-order valence-electron chi connectivity index (χ1n) is 8.56. The van der Waals surface area contributed by atoms with Gasteiger partial charge in [0.2, 0.25) is 0 Å². The number of aromatic nitrogens is 3. The normalized spacial score (nSPS) is 16.5. The second kappa shape index (κ2) is 8.25. The molecule has 6 nitrogen and oxygen atoms in total. The molecule has 1 saturated heterocycles. The average Bonchev–Trinajstić information content (AvgIpc) is 3.36. The number of hydrogen-bond donors (Lipinski definition) is 0. The topological polar surface area (TPSA) is 66.4 Å². The highest BCUT2D eigenvalue weighted by molar-refractivity contribution is 7.09. The minimum atomic E-state index is 0.144. The van der Waals surface area contributed by atoms with Crippen LogP contribution in [-0.4, -0.2) is 34.3 Å². The highest BCUT2D eigenvalue weighted by Gasteiger charge is 2.18. The molecule has 26 heavy (non-hydrogen) atoms. The van der Waals surface area contributed by atoms with Gasteiger partial charge in [-0.3, -0.25) is 9.97 Å². The van der Waals surface area contributed by atoms with Gasteiger partial charge >= 0.3 is 0 Å². The summed E-state index contributed by atoms with van der Waals surface area (Å²) in [6.45, 7) is 1.32. The molecule has 0 aromatic carbocycles. The first-order chi connectivity index (χ1) is 12.9. The van der Waals surface area contributed by atoms with Crippen molar-refractivity contribution in [1.29, 1.82) is 0 Å². The Hall–Kier alpha value is -2.51. The van der Waals surface area contributed by atoms with E-state index in [2.05, 4.69) is 15.0 Å². The summed E-state index contributed by atoms with van der Waals surface area (Å²) in [5.41, 5.74) is 0.844. The van der Waals surface area contributed by atoms with E-state index in [0.29, 0.717) is 30.3 Å². The van der Waals surface area contributed by atoms with Gasteiger partial charge < -0.3 is 14.2 Å². The molecular formula is C19H19N3O3S. The lowest BCUT2D eigenvalue weighted by Crippen LogP contribution is -2.17. The van der Waals surface area contributed by atoms with Crippen molar-refractivity contribution in [2.24, 2.45) is 0 Å². The molecule has 1 atom stereocenters. The Kier molecular flexibility index (Phi) is 5.37. The minimum absolute atomic E-state index is 0.144. The van der Waals surface area contributed by atoms with Crippen molar-refractivity contribution >= 4 is 11.3 Å². The molecule has 0 aliphatic carbocycles. The van der Waals surface area contributed by atoms with Crippen molar-refractivity contribution in [3.05, 3.63) is 59.1 Å². The van der Waals surface area contributed by atoms with Gasteiger partial charge in [-0.05, 0) is 25.0 Å². The van der Waals surface area contributed by atoms with Crippen LogP contribution in [0.5, 0.6) is 17.2 Å². The summed E-state index contributed by atoms with van der Waals surface area (Å²) in [5.74, 6) is 1.98. The second-order valence-electron chi connectivity index (χ2n) is 5.96. The summed E-state index contributed by atoms with van der Waals surface area (Å²) in [4.78, 5) is 12.9. The zero-order valence-corrected chi connectivity index (χ0v) is 15.0. The van der Waals surface area contributed by atoms with Crippen LogP contribution in [0.3, 0.4) is 0 Å². The molecule has 0 spiro atoms. The highest BCUT2D eigenvalue weighted by Crippen LogP contribution is 2.29. The van der Waals surface area contributed by atoms with Crippen LogP contribution in [0.25, 0.3) is 0 Å². The summed E-state index contributed by atoms with van der Waals surface area (Å²) < 4.78 is 17.5. The SMILES string of the molecule is c1cncc(Oc2cnc(Cc3nccs3)c(OCC3CCCO3)c2)c1. The van der Waals surface area contributed by atoms with Crippen LogP contribution in [0, 0.1) is 0 Å². The Morgan fingerprint density at radius 1 is 1.19 bits per heavy atom. The molecule has 0 radical (unpaired) electrons. The fourth-order valence-corrected chi connectivity index (χ4v) is 3.37. The van der Waals surface area contributed by atoms with Crippen molar-refractivity contribution in [3.8, 4) is 17.2 Å². The van der Waals surface area contributed by atoms with Crippen molar-refractivity contribution in [1.82, 2.24) is 15.0 Å². The van der Waals surface area contributed by atoms with Crippen LogP contribution in [0.4, 0.5) is 0 Å². The van der Waals surface area contributed by atoms with Crippen LogP contribution in [-0.2, 0) is 11.2 Å². The lowest BCUT2D eigenvalue weighted by Gasteiger charge is -2.15. The maximum absolute atomic E-state index is 6.04. The quantitative estimate of drug-likeness (QED) is 0.630. The summed E-state index contributed by atoms with van der Waals surface area (Å²) in [6.07, 6.45) is 9.76. The van der Waals surface area contributed by atoms with E-state index in [0.717, 1.165) is 30.2 Å². The van der Waals surface area contributed by atoms with Gasteiger partial charge in [-0.25, -0.2) is 4.98 Å². The number of nitrogens with zero attached hydrogens (tertiary/aromatic N) is 3. The standard InChI is InChI=1S/C19H19N3O3S/c1-3-14(11-20-5-1)25-16-9-18(24-13-15-4-2-7-23-15)17(22-12-16)10-19-21-6-8-26-19/h1,3,5-6,8-9,11-12,15H,2,4,7,10,13H2. The van der Waals surface area contributed by atoms with E-state index >= 15 is 0 Å². The fraction of sp³-hybridized carbons (Fsp3) is 0.316. The van der Waals surface area contributed by atoms with E-state index in [-0.39, 0.29) is 6.10 Å². The number of hydrogen-bond acceptors (Lipinski definition) is 7. The summed E-state index contributed by atoms with van der Waals surface area (Å²) >= 11 is 1.61. The van der Waals surface area contributed by atoms with Crippen LogP contribution >= 0.6 is 11.3 Å². The van der Waals surface area contributed by atoms with Gasteiger partial charge in [-0.15, -0.1) is 11.3 Å². The van der Waals surface area contributed by atoms with Crippen molar-refractivity contribution < 1.29 is 14.2 Å². The first-order valence-corrected chi connectivity index (χ1v) is 9.44. The summed E-state index contributed by atoms with van der Waals surface area (Å²) in [6, 6.07) is 5.55. The average molecular weight is 369 g/mol. The minimum Gasteiger partial charge on any atom is -0.489 e. The lowest BCUT2D eigenvalue weighted by molar-refractivity contribution is 0.0674. The van der Waals surface area contributed by atoms with E-state index in [1.54, 1.807) is 36.1 Å². The van der Waals surface area contributed by atoms with E-state index in [9.17, 15) is 0 Å². The zero-order chi connectivity index (χ0) is 17.6. The number of pyridine rings is 2. The maximum atomic E-state index is 6.04. The van der Waals surface area contributed by atoms with E-state index in [1.807, 2.05) is 23.6 Å². The van der Waals surface area contributed by atoms with Crippen LogP contribution in [0.15, 0.2) is 48.4 Å². The molecule has 3 aromatic rings. The van der Waals surface area contributed by atoms with E-state index in [4.69, 9.17) is 14.2 Å². The van der Waals surface area contributed by atoms with Crippen molar-refractivity contribution in [2.45, 2.75) is 25.4 Å². The summed E-state index contributed by atoms with van der Waals surface area (Å²) in [5, 5.41) is 2.96. The first kappa shape index (κ1) is 16.9. The smallest absolute Gasteiger partial charge is 0.149 e. The lowest BCUT2D eigenvalue weighted by atomic mass is 10.2. The predicted molar refractivity (Wildman–Crippen MR) is 97.9 cm³/mol. The number of ether oxygens (including phenoxy) is 3. The largest absolute Gasteiger partial charge is 0.489 e. The Labute approximate surface area is 155 Å². The molecule has 1 aliphatic rings. The molecular weight excluding hydrogens is 350 g/mol. The Morgan fingerprint density at radius 2 is 2.19 bits per heavy atom. The molecule has 0 amide bonds. The molecule has 0 N–H and O–H groups in total. The Balaban J connectivity index is 1.53. The third-order valence-electron chi connectivity index (χ3n) is 4.03. The Morgan fingerprint density at radius 3 is 2.96 bits per heavy atom. The van der Waals surface area contributed by atoms with Gasteiger partial charge in [0.25, 0.3) is 0 Å². The molecule has 1 fully saturated rings.